The van der Waals surface area contributed by atoms with E-state index in [9.17, 15) is 4.79 Å². The molecule has 1 amide bonds. The number of aromatic nitrogens is 1. The zero-order chi connectivity index (χ0) is 17.5. The number of amides is 1. The molecule has 0 spiro atoms. The highest BCUT2D eigenvalue weighted by Crippen LogP contribution is 2.29. The number of ether oxygens (including phenoxy) is 1. The van der Waals surface area contributed by atoms with Crippen LogP contribution >= 0.6 is 0 Å². The van der Waals surface area contributed by atoms with Gasteiger partial charge < -0.3 is 10.1 Å². The van der Waals surface area contributed by atoms with Gasteiger partial charge in [-0.05, 0) is 30.7 Å². The molecule has 25 heavy (non-hydrogen) atoms. The molecule has 0 saturated heterocycles. The normalized spacial score (nSPS) is 11.6. The average molecular weight is 332 g/mol. The molecule has 126 valence electrons. The summed E-state index contributed by atoms with van der Waals surface area (Å²) in [7, 11) is 0. The number of carbonyl (C=O) groups is 1. The van der Waals surface area contributed by atoms with Gasteiger partial charge in [0.25, 0.3) is 5.91 Å². The van der Waals surface area contributed by atoms with Crippen LogP contribution in [-0.2, 0) is 4.79 Å². The SMILES string of the molecule is CC(NC(=O)COc1ccccc1-c1ccccc1)c1ccccn1. The van der Waals surface area contributed by atoms with Crippen LogP contribution in [0.1, 0.15) is 18.7 Å². The summed E-state index contributed by atoms with van der Waals surface area (Å²) in [4.78, 5) is 16.4. The Morgan fingerprint density at radius 3 is 2.48 bits per heavy atom. The van der Waals surface area contributed by atoms with E-state index in [4.69, 9.17) is 4.74 Å². The minimum atomic E-state index is -0.180. The molecule has 3 rings (SSSR count). The molecular weight excluding hydrogens is 312 g/mol. The van der Waals surface area contributed by atoms with Crippen LogP contribution in [0.5, 0.6) is 5.75 Å². The second-order valence-corrected chi connectivity index (χ2v) is 5.69. The van der Waals surface area contributed by atoms with Crippen LogP contribution in [-0.4, -0.2) is 17.5 Å². The molecule has 1 atom stereocenters. The lowest BCUT2D eigenvalue weighted by atomic mass is 10.1. The van der Waals surface area contributed by atoms with Crippen molar-refractivity contribution >= 4 is 5.91 Å². The van der Waals surface area contributed by atoms with Crippen LogP contribution in [0.3, 0.4) is 0 Å². The predicted octanol–water partition coefficient (Wildman–Crippen LogP) is 4.00. The van der Waals surface area contributed by atoms with Crippen molar-refractivity contribution in [2.75, 3.05) is 6.61 Å². The number of rotatable bonds is 6. The molecule has 4 heteroatoms. The van der Waals surface area contributed by atoms with Gasteiger partial charge in [-0.25, -0.2) is 0 Å². The van der Waals surface area contributed by atoms with E-state index in [1.54, 1.807) is 6.20 Å². The number of pyridine rings is 1. The first-order chi connectivity index (χ1) is 12.2. The Morgan fingerprint density at radius 1 is 1.00 bits per heavy atom. The third-order valence-corrected chi connectivity index (χ3v) is 3.84. The molecule has 3 aromatic rings. The topological polar surface area (TPSA) is 51.2 Å². The maximum absolute atomic E-state index is 12.2. The highest BCUT2D eigenvalue weighted by molar-refractivity contribution is 5.78. The number of hydrogen-bond acceptors (Lipinski definition) is 3. The van der Waals surface area contributed by atoms with Gasteiger partial charge in [0.15, 0.2) is 6.61 Å². The third-order valence-electron chi connectivity index (χ3n) is 3.84. The van der Waals surface area contributed by atoms with E-state index in [0.717, 1.165) is 16.8 Å². The van der Waals surface area contributed by atoms with Gasteiger partial charge in [-0.15, -0.1) is 0 Å². The number of nitrogens with one attached hydrogen (secondary N) is 1. The van der Waals surface area contributed by atoms with Gasteiger partial charge in [-0.2, -0.15) is 0 Å². The Kier molecular flexibility index (Phi) is 5.42. The molecule has 1 unspecified atom stereocenters. The Hall–Kier alpha value is -3.14. The molecule has 0 radical (unpaired) electrons. The molecule has 2 aromatic carbocycles. The summed E-state index contributed by atoms with van der Waals surface area (Å²) < 4.78 is 5.76. The third kappa shape index (κ3) is 4.44. The number of carbonyl (C=O) groups excluding carboxylic acids is 1. The zero-order valence-electron chi connectivity index (χ0n) is 14.1. The van der Waals surface area contributed by atoms with Crippen LogP contribution in [0.15, 0.2) is 79.0 Å². The molecule has 0 aliphatic heterocycles. The van der Waals surface area contributed by atoms with E-state index in [1.165, 1.54) is 0 Å². The molecule has 4 nitrogen and oxygen atoms in total. The maximum Gasteiger partial charge on any atom is 0.258 e. The van der Waals surface area contributed by atoms with Crippen LogP contribution in [0, 0.1) is 0 Å². The number of para-hydroxylation sites is 1. The van der Waals surface area contributed by atoms with Gasteiger partial charge in [-0.1, -0.05) is 54.6 Å². The first-order valence-corrected chi connectivity index (χ1v) is 8.21. The fourth-order valence-electron chi connectivity index (χ4n) is 2.58. The van der Waals surface area contributed by atoms with Crippen LogP contribution in [0.2, 0.25) is 0 Å². The highest BCUT2D eigenvalue weighted by atomic mass is 16.5. The van der Waals surface area contributed by atoms with Crippen molar-refractivity contribution in [3.63, 3.8) is 0 Å². The van der Waals surface area contributed by atoms with E-state index in [0.29, 0.717) is 5.75 Å². The van der Waals surface area contributed by atoms with E-state index < -0.39 is 0 Å². The van der Waals surface area contributed by atoms with E-state index in [1.807, 2.05) is 79.7 Å². The average Bonchev–Trinajstić information content (AvgIpc) is 2.68. The Bertz CT molecular complexity index is 820. The van der Waals surface area contributed by atoms with Crippen molar-refractivity contribution in [1.82, 2.24) is 10.3 Å². The molecule has 1 N–H and O–H groups in total. The van der Waals surface area contributed by atoms with Gasteiger partial charge in [0, 0.05) is 11.8 Å². The molecule has 0 bridgehead atoms. The summed E-state index contributed by atoms with van der Waals surface area (Å²) in [6, 6.07) is 23.2. The van der Waals surface area contributed by atoms with Crippen LogP contribution < -0.4 is 10.1 Å². The molecule has 0 aliphatic rings. The van der Waals surface area contributed by atoms with Crippen LogP contribution in [0.25, 0.3) is 11.1 Å². The highest BCUT2D eigenvalue weighted by Gasteiger charge is 2.12. The standard InChI is InChI=1S/C21H20N2O2/c1-16(19-12-7-8-14-22-19)23-21(24)15-25-20-13-6-5-11-18(20)17-9-3-2-4-10-17/h2-14,16H,15H2,1H3,(H,23,24). The lowest BCUT2D eigenvalue weighted by Gasteiger charge is -2.15. The van der Waals surface area contributed by atoms with E-state index >= 15 is 0 Å². The van der Waals surface area contributed by atoms with Crippen molar-refractivity contribution in [3.8, 4) is 16.9 Å². The Morgan fingerprint density at radius 2 is 1.72 bits per heavy atom. The van der Waals surface area contributed by atoms with Crippen molar-refractivity contribution in [3.05, 3.63) is 84.7 Å². The fraction of sp³-hybridized carbons (Fsp3) is 0.143. The molecule has 0 fully saturated rings. The van der Waals surface area contributed by atoms with Gasteiger partial charge in [0.1, 0.15) is 5.75 Å². The summed E-state index contributed by atoms with van der Waals surface area (Å²) in [5.74, 6) is 0.510. The minimum absolute atomic E-state index is 0.0407. The summed E-state index contributed by atoms with van der Waals surface area (Å²) in [5, 5.41) is 2.90. The summed E-state index contributed by atoms with van der Waals surface area (Å²) in [6.45, 7) is 1.86. The van der Waals surface area contributed by atoms with Crippen molar-refractivity contribution in [2.24, 2.45) is 0 Å². The van der Waals surface area contributed by atoms with Gasteiger partial charge in [0.05, 0.1) is 11.7 Å². The van der Waals surface area contributed by atoms with Crippen molar-refractivity contribution in [1.29, 1.82) is 0 Å². The smallest absolute Gasteiger partial charge is 0.258 e. The number of hydrogen-bond donors (Lipinski definition) is 1. The molecule has 0 saturated carbocycles. The fourth-order valence-corrected chi connectivity index (χ4v) is 2.58. The first-order valence-electron chi connectivity index (χ1n) is 8.21. The molecule has 1 heterocycles. The monoisotopic (exact) mass is 332 g/mol. The Balaban J connectivity index is 1.63. The summed E-state index contributed by atoms with van der Waals surface area (Å²) in [6.07, 6.45) is 1.71. The zero-order valence-corrected chi connectivity index (χ0v) is 14.1. The second-order valence-electron chi connectivity index (χ2n) is 5.69. The maximum atomic E-state index is 12.2. The summed E-state index contributed by atoms with van der Waals surface area (Å²) >= 11 is 0. The molecule has 1 aromatic heterocycles. The van der Waals surface area contributed by atoms with Crippen molar-refractivity contribution < 1.29 is 9.53 Å². The number of benzene rings is 2. The van der Waals surface area contributed by atoms with Gasteiger partial charge in [-0.3, -0.25) is 9.78 Å². The second kappa shape index (κ2) is 8.11. The molecule has 0 aliphatic carbocycles. The Labute approximate surface area is 147 Å². The van der Waals surface area contributed by atoms with E-state index in [-0.39, 0.29) is 18.6 Å². The van der Waals surface area contributed by atoms with E-state index in [2.05, 4.69) is 10.3 Å². The minimum Gasteiger partial charge on any atom is -0.483 e. The lowest BCUT2D eigenvalue weighted by Crippen LogP contribution is -2.31. The van der Waals surface area contributed by atoms with Gasteiger partial charge >= 0.3 is 0 Å². The summed E-state index contributed by atoms with van der Waals surface area (Å²) in [5.41, 5.74) is 2.84. The molecular formula is C21H20N2O2. The lowest BCUT2D eigenvalue weighted by molar-refractivity contribution is -0.123. The first kappa shape index (κ1) is 16.7. The van der Waals surface area contributed by atoms with Crippen molar-refractivity contribution in [2.45, 2.75) is 13.0 Å². The predicted molar refractivity (Wildman–Crippen MR) is 98.2 cm³/mol. The quantitative estimate of drug-likeness (QED) is 0.742. The largest absolute Gasteiger partial charge is 0.483 e. The van der Waals surface area contributed by atoms with Crippen LogP contribution in [0.4, 0.5) is 0 Å². The van der Waals surface area contributed by atoms with Gasteiger partial charge in [0.2, 0.25) is 0 Å². The number of nitrogens with zero attached hydrogens (tertiary/aromatic N) is 1.